The molecule has 0 saturated carbocycles. The summed E-state index contributed by atoms with van der Waals surface area (Å²) in [7, 11) is 0. The van der Waals surface area contributed by atoms with Crippen molar-refractivity contribution in [2.45, 2.75) is 27.7 Å². The summed E-state index contributed by atoms with van der Waals surface area (Å²) >= 11 is 12.8. The smallest absolute Gasteiger partial charge is 0.130 e. The van der Waals surface area contributed by atoms with Crippen molar-refractivity contribution >= 4 is 40.3 Å². The second-order valence-corrected chi connectivity index (χ2v) is 12.2. The van der Waals surface area contributed by atoms with Gasteiger partial charge >= 0.3 is 0 Å². The minimum atomic E-state index is 0.505. The number of hydrogen-bond donors (Lipinski definition) is 0. The van der Waals surface area contributed by atoms with Crippen LogP contribution in [0.1, 0.15) is 25.0 Å². The van der Waals surface area contributed by atoms with Gasteiger partial charge in [-0.2, -0.15) is 0 Å². The van der Waals surface area contributed by atoms with Crippen LogP contribution in [-0.2, 0) is 0 Å². The van der Waals surface area contributed by atoms with E-state index in [4.69, 9.17) is 37.7 Å². The largest absolute Gasteiger partial charge is 0.493 e. The second kappa shape index (κ2) is 14.3. The molecule has 0 N–H and O–H groups in total. The third-order valence-corrected chi connectivity index (χ3v) is 8.38. The Morgan fingerprint density at radius 2 is 0.915 bits per heavy atom. The normalized spacial score (nSPS) is 10.9. The molecule has 6 aromatic rings. The number of ether oxygens (including phenoxy) is 2. The molecular weight excluding hydrogens is 623 g/mol. The number of nitrogens with zero attached hydrogens (tertiary/aromatic N) is 2. The van der Waals surface area contributed by atoms with Gasteiger partial charge in [0.05, 0.1) is 24.6 Å². The number of rotatable bonds is 10. The van der Waals surface area contributed by atoms with Gasteiger partial charge in [-0.25, -0.2) is 4.98 Å². The fourth-order valence-electron chi connectivity index (χ4n) is 5.58. The quantitative estimate of drug-likeness (QED) is 0.147. The van der Waals surface area contributed by atoms with Gasteiger partial charge in [-0.15, -0.1) is 0 Å². The number of anilines is 3. The van der Waals surface area contributed by atoms with Gasteiger partial charge < -0.3 is 14.4 Å². The van der Waals surface area contributed by atoms with Crippen molar-refractivity contribution in [2.24, 2.45) is 0 Å². The lowest BCUT2D eigenvalue weighted by atomic mass is 9.99. The highest BCUT2D eigenvalue weighted by atomic mass is 35.5. The van der Waals surface area contributed by atoms with Gasteiger partial charge in [-0.3, -0.25) is 0 Å². The minimum Gasteiger partial charge on any atom is -0.493 e. The fourth-order valence-corrected chi connectivity index (χ4v) is 5.90. The van der Waals surface area contributed by atoms with Gasteiger partial charge in [-0.1, -0.05) is 70.7 Å². The van der Waals surface area contributed by atoms with Crippen LogP contribution in [0.4, 0.5) is 17.1 Å². The lowest BCUT2D eigenvalue weighted by Crippen LogP contribution is -2.09. The van der Waals surface area contributed by atoms with Crippen molar-refractivity contribution in [1.82, 2.24) is 4.98 Å². The van der Waals surface area contributed by atoms with Crippen LogP contribution in [-0.4, -0.2) is 18.2 Å². The summed E-state index contributed by atoms with van der Waals surface area (Å²) in [5.74, 6) is 1.36. The number of aromatic nitrogens is 1. The standard InChI is InChI=1S/C41H36Cl2N2O2/c1-5-46-40-25-31(42)13-21-36(40)38-23-30(24-39(44-38)37-22-14-32(43)26-41(37)47-6-2)29-11-19-35(20-12-29)45(33-15-7-27(3)8-16-33)34-17-9-28(4)10-18-34/h7-26H,5-6H2,1-4H3. The molecule has 0 atom stereocenters. The molecule has 0 bridgehead atoms. The van der Waals surface area contributed by atoms with Crippen LogP contribution in [0.2, 0.25) is 10.0 Å². The van der Waals surface area contributed by atoms with Crippen LogP contribution in [0.5, 0.6) is 11.5 Å². The van der Waals surface area contributed by atoms with Gasteiger partial charge in [0, 0.05) is 38.2 Å². The molecule has 0 spiro atoms. The first-order chi connectivity index (χ1) is 22.8. The van der Waals surface area contributed by atoms with E-state index in [1.807, 2.05) is 50.2 Å². The SMILES string of the molecule is CCOc1cc(Cl)ccc1-c1cc(-c2ccc(N(c3ccc(C)cc3)c3ccc(C)cc3)cc2)cc(-c2ccc(Cl)cc2OCC)n1. The molecule has 1 aromatic heterocycles. The summed E-state index contributed by atoms with van der Waals surface area (Å²) in [5.41, 5.74) is 11.0. The van der Waals surface area contributed by atoms with Gasteiger partial charge in [0.2, 0.25) is 0 Å². The van der Waals surface area contributed by atoms with Crippen molar-refractivity contribution in [2.75, 3.05) is 18.1 Å². The third kappa shape index (κ3) is 7.30. The van der Waals surface area contributed by atoms with Gasteiger partial charge in [0.25, 0.3) is 0 Å². The number of halogens is 2. The lowest BCUT2D eigenvalue weighted by Gasteiger charge is -2.26. The molecule has 0 unspecified atom stereocenters. The van der Waals surface area contributed by atoms with Gasteiger partial charge in [-0.05, 0) is 124 Å². The van der Waals surface area contributed by atoms with E-state index in [1.165, 1.54) is 11.1 Å². The Bertz CT molecular complexity index is 1870. The van der Waals surface area contributed by atoms with Crippen LogP contribution in [0.25, 0.3) is 33.6 Å². The highest BCUT2D eigenvalue weighted by molar-refractivity contribution is 6.31. The number of pyridine rings is 1. The number of benzene rings is 5. The zero-order valence-corrected chi connectivity index (χ0v) is 28.4. The van der Waals surface area contributed by atoms with E-state index in [-0.39, 0.29) is 0 Å². The molecule has 47 heavy (non-hydrogen) atoms. The van der Waals surface area contributed by atoms with E-state index in [1.54, 1.807) is 0 Å². The molecule has 0 radical (unpaired) electrons. The number of aryl methyl sites for hydroxylation is 2. The Balaban J connectivity index is 1.49. The molecule has 0 saturated heterocycles. The molecule has 1 heterocycles. The molecule has 0 aliphatic rings. The predicted molar refractivity (Wildman–Crippen MR) is 197 cm³/mol. The zero-order chi connectivity index (χ0) is 32.9. The van der Waals surface area contributed by atoms with Gasteiger partial charge in [0.1, 0.15) is 11.5 Å². The zero-order valence-electron chi connectivity index (χ0n) is 26.9. The number of hydrogen-bond acceptors (Lipinski definition) is 4. The highest BCUT2D eigenvalue weighted by Crippen LogP contribution is 2.40. The third-order valence-electron chi connectivity index (χ3n) is 7.91. The molecule has 0 aliphatic carbocycles. The fraction of sp³-hybridized carbons (Fsp3) is 0.146. The average Bonchev–Trinajstić information content (AvgIpc) is 3.07. The lowest BCUT2D eigenvalue weighted by molar-refractivity contribution is 0.341. The summed E-state index contributed by atoms with van der Waals surface area (Å²) in [4.78, 5) is 7.40. The monoisotopic (exact) mass is 658 g/mol. The van der Waals surface area contributed by atoms with E-state index in [2.05, 4.69) is 104 Å². The first kappa shape index (κ1) is 32.2. The van der Waals surface area contributed by atoms with E-state index in [9.17, 15) is 0 Å². The Morgan fingerprint density at radius 1 is 0.511 bits per heavy atom. The molecule has 0 amide bonds. The summed E-state index contributed by atoms with van der Waals surface area (Å²) < 4.78 is 12.0. The van der Waals surface area contributed by atoms with E-state index in [0.717, 1.165) is 50.7 Å². The van der Waals surface area contributed by atoms with Crippen molar-refractivity contribution in [3.63, 3.8) is 0 Å². The molecule has 0 fully saturated rings. The van der Waals surface area contributed by atoms with Crippen molar-refractivity contribution in [3.05, 3.63) is 142 Å². The Labute approximate surface area is 287 Å². The van der Waals surface area contributed by atoms with Crippen LogP contribution in [0.3, 0.4) is 0 Å². The molecule has 0 aliphatic heterocycles. The molecular formula is C41H36Cl2N2O2. The van der Waals surface area contributed by atoms with Crippen LogP contribution in [0, 0.1) is 13.8 Å². The highest BCUT2D eigenvalue weighted by Gasteiger charge is 2.17. The van der Waals surface area contributed by atoms with Crippen molar-refractivity contribution in [1.29, 1.82) is 0 Å². The van der Waals surface area contributed by atoms with Crippen LogP contribution >= 0.6 is 23.2 Å². The Kier molecular flexibility index (Phi) is 9.81. The molecule has 4 nitrogen and oxygen atoms in total. The Hall–Kier alpha value is -4.77. The summed E-state index contributed by atoms with van der Waals surface area (Å²) in [6.07, 6.45) is 0. The molecule has 6 heteroatoms. The topological polar surface area (TPSA) is 34.6 Å². The molecule has 236 valence electrons. The first-order valence-corrected chi connectivity index (χ1v) is 16.5. The van der Waals surface area contributed by atoms with E-state index >= 15 is 0 Å². The van der Waals surface area contributed by atoms with Crippen molar-refractivity contribution in [3.8, 4) is 45.1 Å². The molecule has 6 rings (SSSR count). The first-order valence-electron chi connectivity index (χ1n) is 15.7. The predicted octanol–water partition coefficient (Wildman–Crippen LogP) is 12.3. The summed E-state index contributed by atoms with van der Waals surface area (Å²) in [6.45, 7) is 9.14. The minimum absolute atomic E-state index is 0.505. The van der Waals surface area contributed by atoms with Crippen molar-refractivity contribution < 1.29 is 9.47 Å². The van der Waals surface area contributed by atoms with E-state index < -0.39 is 0 Å². The van der Waals surface area contributed by atoms with Gasteiger partial charge in [0.15, 0.2) is 0 Å². The average molecular weight is 660 g/mol. The summed E-state index contributed by atoms with van der Waals surface area (Å²) in [5, 5.41) is 1.21. The van der Waals surface area contributed by atoms with Crippen LogP contribution in [0.15, 0.2) is 121 Å². The maximum atomic E-state index is 6.38. The maximum Gasteiger partial charge on any atom is 0.130 e. The summed E-state index contributed by atoms with van der Waals surface area (Å²) in [6, 6.07) is 41.4. The van der Waals surface area contributed by atoms with E-state index in [0.29, 0.717) is 34.8 Å². The Morgan fingerprint density at radius 3 is 1.32 bits per heavy atom. The second-order valence-electron chi connectivity index (χ2n) is 11.3. The molecule has 5 aromatic carbocycles. The maximum absolute atomic E-state index is 6.38. The van der Waals surface area contributed by atoms with Crippen LogP contribution < -0.4 is 14.4 Å².